The van der Waals surface area contributed by atoms with E-state index in [1.165, 1.54) is 19.3 Å². The summed E-state index contributed by atoms with van der Waals surface area (Å²) in [4.78, 5) is 0. The molecule has 0 aliphatic heterocycles. The fourth-order valence-corrected chi connectivity index (χ4v) is 7.19. The van der Waals surface area contributed by atoms with E-state index in [1.807, 2.05) is 0 Å². The summed E-state index contributed by atoms with van der Waals surface area (Å²) in [7, 11) is 0. The molecule has 24 heavy (non-hydrogen) atoms. The molecule has 0 aromatic carbocycles. The van der Waals surface area contributed by atoms with Gasteiger partial charge >= 0.3 is 0 Å². The molecule has 0 amide bonds. The lowest BCUT2D eigenvalue weighted by molar-refractivity contribution is -0.128. The number of nitriles is 1. The van der Waals surface area contributed by atoms with Crippen molar-refractivity contribution in [3.05, 3.63) is 22.8 Å². The van der Waals surface area contributed by atoms with Gasteiger partial charge in [0.25, 0.3) is 0 Å². The van der Waals surface area contributed by atoms with Crippen LogP contribution in [-0.4, -0.2) is 11.2 Å². The zero-order valence-corrected chi connectivity index (χ0v) is 15.5. The largest absolute Gasteiger partial charge is 0.387 e. The molecular formula is C21H28ClNO. The van der Waals surface area contributed by atoms with Gasteiger partial charge in [0.1, 0.15) is 0 Å². The molecule has 2 nitrogen and oxygen atoms in total. The van der Waals surface area contributed by atoms with E-state index >= 15 is 0 Å². The van der Waals surface area contributed by atoms with Gasteiger partial charge in [-0.3, -0.25) is 0 Å². The van der Waals surface area contributed by atoms with Crippen molar-refractivity contribution in [1.82, 2.24) is 0 Å². The minimum atomic E-state index is -0.495. The Morgan fingerprint density at radius 1 is 1.12 bits per heavy atom. The van der Waals surface area contributed by atoms with Crippen molar-refractivity contribution in [2.24, 2.45) is 34.5 Å². The van der Waals surface area contributed by atoms with E-state index in [0.717, 1.165) is 37.2 Å². The summed E-state index contributed by atoms with van der Waals surface area (Å²) in [5.74, 6) is 2.61. The van der Waals surface area contributed by atoms with Crippen molar-refractivity contribution in [2.45, 2.75) is 64.9 Å². The molecule has 2 fully saturated rings. The van der Waals surface area contributed by atoms with E-state index < -0.39 is 6.10 Å². The van der Waals surface area contributed by atoms with Gasteiger partial charge in [-0.05, 0) is 74.0 Å². The number of fused-ring (bicyclic) bond motifs is 5. The molecule has 4 aliphatic rings. The fraction of sp³-hybridized carbons (Fsp3) is 0.762. The van der Waals surface area contributed by atoms with Crippen LogP contribution in [0.2, 0.25) is 0 Å². The third-order valence-electron chi connectivity index (χ3n) is 8.32. The second-order valence-corrected chi connectivity index (χ2v) is 9.62. The molecule has 4 rings (SSSR count). The first kappa shape index (κ1) is 16.7. The highest BCUT2D eigenvalue weighted by Crippen LogP contribution is 2.65. The van der Waals surface area contributed by atoms with Crippen molar-refractivity contribution in [3.8, 4) is 6.07 Å². The van der Waals surface area contributed by atoms with Crippen LogP contribution in [-0.2, 0) is 0 Å². The Morgan fingerprint density at radius 2 is 1.92 bits per heavy atom. The van der Waals surface area contributed by atoms with Crippen LogP contribution >= 0.6 is 11.6 Å². The lowest BCUT2D eigenvalue weighted by Crippen LogP contribution is -2.56. The van der Waals surface area contributed by atoms with Gasteiger partial charge in [0.05, 0.1) is 12.2 Å². The number of halogens is 1. The number of allylic oxidation sites excluding steroid dienone is 3. The van der Waals surface area contributed by atoms with Crippen LogP contribution in [0.3, 0.4) is 0 Å². The minimum Gasteiger partial charge on any atom is -0.387 e. The van der Waals surface area contributed by atoms with Crippen molar-refractivity contribution < 1.29 is 5.11 Å². The number of aliphatic hydroxyl groups excluding tert-OH is 1. The summed E-state index contributed by atoms with van der Waals surface area (Å²) in [6, 6.07) is 2.43. The molecule has 0 radical (unpaired) electrons. The molecule has 0 spiro atoms. The summed E-state index contributed by atoms with van der Waals surface area (Å²) in [5, 5.41) is 20.8. The molecular weight excluding hydrogens is 318 g/mol. The predicted molar refractivity (Wildman–Crippen MR) is 96.1 cm³/mol. The van der Waals surface area contributed by atoms with E-state index in [-0.39, 0.29) is 10.8 Å². The molecule has 130 valence electrons. The summed E-state index contributed by atoms with van der Waals surface area (Å²) in [6.45, 7) is 4.70. The molecule has 2 saturated carbocycles. The Bertz CT molecular complexity index is 647. The lowest BCUT2D eigenvalue weighted by Gasteiger charge is -2.62. The molecule has 0 heterocycles. The van der Waals surface area contributed by atoms with Gasteiger partial charge in [0, 0.05) is 16.0 Å². The van der Waals surface area contributed by atoms with E-state index in [4.69, 9.17) is 11.6 Å². The maximum atomic E-state index is 10.7. The molecule has 0 aromatic heterocycles. The van der Waals surface area contributed by atoms with E-state index in [1.54, 1.807) is 0 Å². The Labute approximate surface area is 150 Å². The molecule has 0 aromatic rings. The first-order valence-corrected chi connectivity index (χ1v) is 9.90. The smallest absolute Gasteiger partial charge is 0.0948 e. The third-order valence-corrected chi connectivity index (χ3v) is 8.68. The van der Waals surface area contributed by atoms with Crippen LogP contribution in [0.25, 0.3) is 0 Å². The minimum absolute atomic E-state index is 0.0707. The van der Waals surface area contributed by atoms with Gasteiger partial charge in [0.15, 0.2) is 0 Å². The first-order chi connectivity index (χ1) is 11.4. The highest BCUT2D eigenvalue weighted by atomic mass is 35.5. The Morgan fingerprint density at radius 3 is 2.67 bits per heavy atom. The number of rotatable bonds is 0. The van der Waals surface area contributed by atoms with Gasteiger partial charge < -0.3 is 5.11 Å². The Balaban J connectivity index is 1.68. The third kappa shape index (κ3) is 2.17. The summed E-state index contributed by atoms with van der Waals surface area (Å²) < 4.78 is 0. The molecule has 0 unspecified atom stereocenters. The van der Waals surface area contributed by atoms with Crippen LogP contribution in [0.1, 0.15) is 58.8 Å². The number of aliphatic hydroxyl groups is 1. The molecule has 0 bridgehead atoms. The number of nitrogens with zero attached hydrogens (tertiary/aromatic N) is 1. The van der Waals surface area contributed by atoms with Crippen molar-refractivity contribution >= 4 is 11.6 Å². The first-order valence-electron chi connectivity index (χ1n) is 9.53. The average Bonchev–Trinajstić information content (AvgIpc) is 2.57. The monoisotopic (exact) mass is 345 g/mol. The Hall–Kier alpha value is -0.780. The SMILES string of the molecule is C[C@]12CC(C#N)=CC[C@@H]1CC[C@@H]1[C@@H]2CC[C@]2(C)[C@@H](O)C(Cl)=CC[C@@H]12. The average molecular weight is 346 g/mol. The molecule has 0 saturated heterocycles. The van der Waals surface area contributed by atoms with E-state index in [0.29, 0.717) is 22.8 Å². The van der Waals surface area contributed by atoms with Crippen molar-refractivity contribution in [2.75, 3.05) is 0 Å². The fourth-order valence-electron chi connectivity index (χ4n) is 6.85. The number of hydrogen-bond acceptors (Lipinski definition) is 2. The van der Waals surface area contributed by atoms with E-state index in [9.17, 15) is 10.4 Å². The highest BCUT2D eigenvalue weighted by Gasteiger charge is 2.58. The van der Waals surface area contributed by atoms with Crippen LogP contribution in [0.5, 0.6) is 0 Å². The molecule has 3 heteroatoms. The van der Waals surface area contributed by atoms with Gasteiger partial charge in [0.2, 0.25) is 0 Å². The zero-order chi connectivity index (χ0) is 17.1. The van der Waals surface area contributed by atoms with Crippen LogP contribution in [0, 0.1) is 45.8 Å². The highest BCUT2D eigenvalue weighted by molar-refractivity contribution is 6.30. The maximum Gasteiger partial charge on any atom is 0.0948 e. The molecule has 1 N–H and O–H groups in total. The predicted octanol–water partition coefficient (Wildman–Crippen LogP) is 5.18. The van der Waals surface area contributed by atoms with Crippen molar-refractivity contribution in [1.29, 1.82) is 5.26 Å². The van der Waals surface area contributed by atoms with Crippen LogP contribution in [0.4, 0.5) is 0 Å². The van der Waals surface area contributed by atoms with Crippen LogP contribution < -0.4 is 0 Å². The zero-order valence-electron chi connectivity index (χ0n) is 14.8. The summed E-state index contributed by atoms with van der Waals surface area (Å²) >= 11 is 6.30. The van der Waals surface area contributed by atoms with Crippen LogP contribution in [0.15, 0.2) is 22.8 Å². The maximum absolute atomic E-state index is 10.7. The van der Waals surface area contributed by atoms with Gasteiger partial charge in [-0.15, -0.1) is 0 Å². The summed E-state index contributed by atoms with van der Waals surface area (Å²) in [6.07, 6.45) is 11.6. The van der Waals surface area contributed by atoms with E-state index in [2.05, 4.69) is 32.1 Å². The normalized spacial score (nSPS) is 50.5. The topological polar surface area (TPSA) is 44.0 Å². The standard InChI is InChI=1S/C21H28ClNO/c1-20-10-9-17-15(16(20)7-8-18(22)19(20)24)6-5-14-4-3-13(12-23)11-21(14,17)2/h3,8,14-17,19,24H,4-7,9-11H2,1-2H3/t14-,15+,16+,17+,19+,20+,21+/m1/s1. The Kier molecular flexibility index (Phi) is 3.90. The second kappa shape index (κ2) is 5.61. The van der Waals surface area contributed by atoms with Gasteiger partial charge in [-0.25, -0.2) is 0 Å². The lowest BCUT2D eigenvalue weighted by atomic mass is 9.43. The second-order valence-electron chi connectivity index (χ2n) is 9.18. The van der Waals surface area contributed by atoms with Gasteiger partial charge in [-0.2, -0.15) is 5.26 Å². The van der Waals surface area contributed by atoms with Gasteiger partial charge in [-0.1, -0.05) is 37.6 Å². The van der Waals surface area contributed by atoms with Crippen molar-refractivity contribution in [3.63, 3.8) is 0 Å². The molecule has 4 aliphatic carbocycles. The summed E-state index contributed by atoms with van der Waals surface area (Å²) in [5.41, 5.74) is 1.19. The number of hydrogen-bond donors (Lipinski definition) is 1. The molecule has 7 atom stereocenters. The quantitative estimate of drug-likeness (QED) is 0.657.